The van der Waals surface area contributed by atoms with Crippen molar-refractivity contribution in [3.63, 3.8) is 0 Å². The van der Waals surface area contributed by atoms with Crippen LogP contribution < -0.4 is 5.84 Å². The molecule has 5 heteroatoms. The Labute approximate surface area is 189 Å². The van der Waals surface area contributed by atoms with E-state index in [2.05, 4.69) is 69.0 Å². The molecule has 2 aliphatic rings. The molecule has 1 aromatic heterocycles. The summed E-state index contributed by atoms with van der Waals surface area (Å²) in [7, 11) is 0. The number of nitrogens with zero attached hydrogens (tertiary/aromatic N) is 2. The maximum absolute atomic E-state index is 12.3. The first-order valence-electron chi connectivity index (χ1n) is 11.1. The van der Waals surface area contributed by atoms with Crippen LogP contribution in [0.3, 0.4) is 0 Å². The fraction of sp³-hybridized carbons (Fsp3) is 0.370. The molecule has 5 nitrogen and oxygen atoms in total. The molecule has 0 atom stereocenters. The van der Waals surface area contributed by atoms with E-state index in [1.807, 2.05) is 12.1 Å². The van der Waals surface area contributed by atoms with Gasteiger partial charge in [0.25, 0.3) is 0 Å². The molecule has 0 saturated carbocycles. The van der Waals surface area contributed by atoms with Crippen LogP contribution in [0.5, 0.6) is 0 Å². The Morgan fingerprint density at radius 1 is 1.06 bits per heavy atom. The monoisotopic (exact) mass is 429 g/mol. The lowest BCUT2D eigenvalue weighted by Crippen LogP contribution is -2.30. The standard InChI is InChI=1S/C27H31N3O2/c1-16-13-19-20(27(4,5)12-11-26(19,2)3)14-18(16)25(30-28)21-10-9-17(15-29-21)24-22(31)7-6-8-23(24)32/h9-15,31H,6-8,28H2,1-5H3/b30-25-. The number of nitrogens with two attached hydrogens (primary N) is 1. The fourth-order valence-corrected chi connectivity index (χ4v) is 4.74. The molecule has 4 rings (SSSR count). The van der Waals surface area contributed by atoms with Crippen LogP contribution in [0, 0.1) is 6.92 Å². The van der Waals surface area contributed by atoms with Crippen molar-refractivity contribution in [2.45, 2.75) is 64.7 Å². The molecule has 2 aliphatic carbocycles. The zero-order chi connectivity index (χ0) is 23.3. The topological polar surface area (TPSA) is 88.6 Å². The molecule has 0 amide bonds. The van der Waals surface area contributed by atoms with Gasteiger partial charge in [0.2, 0.25) is 0 Å². The maximum Gasteiger partial charge on any atom is 0.166 e. The number of aliphatic hydroxyl groups is 1. The van der Waals surface area contributed by atoms with Gasteiger partial charge in [0, 0.05) is 41.0 Å². The van der Waals surface area contributed by atoms with E-state index in [-0.39, 0.29) is 22.4 Å². The second kappa shape index (κ2) is 7.73. The lowest BCUT2D eigenvalue weighted by atomic mass is 9.67. The Morgan fingerprint density at radius 2 is 1.72 bits per heavy atom. The first kappa shape index (κ1) is 22.0. The first-order valence-corrected chi connectivity index (χ1v) is 11.1. The summed E-state index contributed by atoms with van der Waals surface area (Å²) in [6, 6.07) is 8.05. The van der Waals surface area contributed by atoms with Crippen molar-refractivity contribution < 1.29 is 9.90 Å². The highest BCUT2D eigenvalue weighted by atomic mass is 16.3. The largest absolute Gasteiger partial charge is 0.512 e. The predicted molar refractivity (Wildman–Crippen MR) is 129 cm³/mol. The zero-order valence-electron chi connectivity index (χ0n) is 19.5. The molecule has 0 radical (unpaired) electrons. The number of hydrazone groups is 1. The predicted octanol–water partition coefficient (Wildman–Crippen LogP) is 5.25. The average Bonchev–Trinajstić information content (AvgIpc) is 2.74. The molecule has 3 N–H and O–H groups in total. The Balaban J connectivity index is 1.77. The van der Waals surface area contributed by atoms with Crippen molar-refractivity contribution in [2.75, 3.05) is 0 Å². The number of aromatic nitrogens is 1. The van der Waals surface area contributed by atoms with E-state index in [1.54, 1.807) is 6.20 Å². The van der Waals surface area contributed by atoms with Crippen molar-refractivity contribution in [3.8, 4) is 0 Å². The van der Waals surface area contributed by atoms with Gasteiger partial charge in [-0.15, -0.1) is 0 Å². The van der Waals surface area contributed by atoms with Crippen molar-refractivity contribution >= 4 is 17.1 Å². The van der Waals surface area contributed by atoms with Crippen LogP contribution in [-0.2, 0) is 15.6 Å². The summed E-state index contributed by atoms with van der Waals surface area (Å²) in [5.74, 6) is 5.96. The number of carbonyl (C=O) groups is 1. The number of carbonyl (C=O) groups excluding carboxylic acids is 1. The van der Waals surface area contributed by atoms with Gasteiger partial charge in [-0.2, -0.15) is 5.10 Å². The number of hydrogen-bond acceptors (Lipinski definition) is 5. The molecular weight excluding hydrogens is 398 g/mol. The van der Waals surface area contributed by atoms with Gasteiger partial charge in [0.1, 0.15) is 11.5 Å². The van der Waals surface area contributed by atoms with Gasteiger partial charge in [-0.3, -0.25) is 9.78 Å². The van der Waals surface area contributed by atoms with Gasteiger partial charge in [0.15, 0.2) is 5.78 Å². The van der Waals surface area contributed by atoms with Gasteiger partial charge in [-0.25, -0.2) is 0 Å². The Hall–Kier alpha value is -3.21. The summed E-state index contributed by atoms with van der Waals surface area (Å²) >= 11 is 0. The van der Waals surface area contributed by atoms with Gasteiger partial charge < -0.3 is 10.9 Å². The average molecular weight is 430 g/mol. The van der Waals surface area contributed by atoms with E-state index in [9.17, 15) is 9.90 Å². The molecule has 0 unspecified atom stereocenters. The van der Waals surface area contributed by atoms with Crippen LogP contribution in [0.15, 0.2) is 53.5 Å². The number of aliphatic hydroxyl groups excluding tert-OH is 1. The number of Topliss-reactive ketones (excluding diaryl/α,β-unsaturated/α-hetero) is 1. The SMILES string of the molecule is Cc1cc2c(cc1/C(=N/N)c1ccc(C3=C(O)CCCC3=O)cn1)C(C)(C)C=CC2(C)C. The van der Waals surface area contributed by atoms with E-state index in [0.29, 0.717) is 41.8 Å². The molecule has 32 heavy (non-hydrogen) atoms. The Morgan fingerprint density at radius 3 is 2.28 bits per heavy atom. The van der Waals surface area contributed by atoms with Crippen molar-refractivity contribution in [1.82, 2.24) is 4.98 Å². The van der Waals surface area contributed by atoms with E-state index in [1.165, 1.54) is 11.1 Å². The van der Waals surface area contributed by atoms with Crippen molar-refractivity contribution in [2.24, 2.45) is 10.9 Å². The highest BCUT2D eigenvalue weighted by molar-refractivity contribution is 6.22. The number of hydrogen-bond donors (Lipinski definition) is 2. The third kappa shape index (κ3) is 3.66. The van der Waals surface area contributed by atoms with E-state index < -0.39 is 0 Å². The third-order valence-electron chi connectivity index (χ3n) is 6.73. The minimum Gasteiger partial charge on any atom is -0.512 e. The summed E-state index contributed by atoms with van der Waals surface area (Å²) in [4.78, 5) is 16.9. The molecule has 0 saturated heterocycles. The van der Waals surface area contributed by atoms with Gasteiger partial charge in [0.05, 0.1) is 11.3 Å². The minimum atomic E-state index is -0.102. The lowest BCUT2D eigenvalue weighted by molar-refractivity contribution is -0.114. The van der Waals surface area contributed by atoms with E-state index in [0.717, 1.165) is 11.1 Å². The van der Waals surface area contributed by atoms with Gasteiger partial charge in [-0.1, -0.05) is 52.0 Å². The second-order valence-corrected chi connectivity index (χ2v) is 10.00. The lowest BCUT2D eigenvalue weighted by Gasteiger charge is -2.37. The summed E-state index contributed by atoms with van der Waals surface area (Å²) in [6.07, 6.45) is 7.83. The summed E-state index contributed by atoms with van der Waals surface area (Å²) in [5, 5.41) is 14.3. The van der Waals surface area contributed by atoms with Crippen LogP contribution in [0.4, 0.5) is 0 Å². The number of allylic oxidation sites excluding steroid dienone is 4. The molecule has 0 aliphatic heterocycles. The molecule has 0 fully saturated rings. The van der Waals surface area contributed by atoms with E-state index >= 15 is 0 Å². The second-order valence-electron chi connectivity index (χ2n) is 10.00. The van der Waals surface area contributed by atoms with Crippen LogP contribution in [-0.4, -0.2) is 21.6 Å². The van der Waals surface area contributed by atoms with Crippen LogP contribution >= 0.6 is 0 Å². The number of ketones is 1. The van der Waals surface area contributed by atoms with Crippen LogP contribution in [0.1, 0.15) is 80.5 Å². The summed E-state index contributed by atoms with van der Waals surface area (Å²) in [6.45, 7) is 11.0. The maximum atomic E-state index is 12.3. The normalized spacial score (nSPS) is 19.8. The number of benzene rings is 1. The van der Waals surface area contributed by atoms with Crippen LogP contribution in [0.25, 0.3) is 5.57 Å². The summed E-state index contributed by atoms with van der Waals surface area (Å²) < 4.78 is 0. The van der Waals surface area contributed by atoms with Crippen molar-refractivity contribution in [1.29, 1.82) is 0 Å². The summed E-state index contributed by atoms with van der Waals surface area (Å²) in [5.41, 5.74) is 6.69. The molecule has 0 bridgehead atoms. The number of rotatable bonds is 3. The van der Waals surface area contributed by atoms with Crippen LogP contribution in [0.2, 0.25) is 0 Å². The Kier molecular flexibility index (Phi) is 5.32. The number of aryl methyl sites for hydroxylation is 1. The molecule has 1 aromatic carbocycles. The molecular formula is C27H31N3O2. The highest BCUT2D eigenvalue weighted by Crippen LogP contribution is 2.42. The molecule has 0 spiro atoms. The smallest absolute Gasteiger partial charge is 0.166 e. The van der Waals surface area contributed by atoms with Gasteiger partial charge in [-0.05, 0) is 42.2 Å². The third-order valence-corrected chi connectivity index (χ3v) is 6.73. The quantitative estimate of drug-likeness (QED) is 0.302. The van der Waals surface area contributed by atoms with Crippen molar-refractivity contribution in [3.05, 3.63) is 81.9 Å². The van der Waals surface area contributed by atoms with E-state index in [4.69, 9.17) is 5.84 Å². The minimum absolute atomic E-state index is 0.0422. The molecule has 166 valence electrons. The molecule has 1 heterocycles. The first-order chi connectivity index (χ1) is 15.0. The zero-order valence-corrected chi connectivity index (χ0v) is 19.5. The number of pyridine rings is 1. The Bertz CT molecular complexity index is 1180. The number of fused-ring (bicyclic) bond motifs is 1. The van der Waals surface area contributed by atoms with Gasteiger partial charge >= 0.3 is 0 Å². The fourth-order valence-electron chi connectivity index (χ4n) is 4.74. The molecule has 2 aromatic rings. The highest BCUT2D eigenvalue weighted by Gasteiger charge is 2.34.